The van der Waals surface area contributed by atoms with Gasteiger partial charge in [-0.05, 0) is 55.1 Å². The number of aliphatic hydroxyl groups is 1. The van der Waals surface area contributed by atoms with E-state index in [1.54, 1.807) is 0 Å². The van der Waals surface area contributed by atoms with Crippen LogP contribution in [0.5, 0.6) is 0 Å². The van der Waals surface area contributed by atoms with Crippen molar-refractivity contribution in [2.75, 3.05) is 6.54 Å². The lowest BCUT2D eigenvalue weighted by atomic mass is 10.0. The molecule has 1 aromatic heterocycles. The average Bonchev–Trinajstić information content (AvgIpc) is 2.75. The zero-order chi connectivity index (χ0) is 14.7. The van der Waals surface area contributed by atoms with E-state index in [4.69, 9.17) is 0 Å². The molecule has 2 nitrogen and oxygen atoms in total. The van der Waals surface area contributed by atoms with E-state index < -0.39 is 0 Å². The number of thiophene rings is 1. The van der Waals surface area contributed by atoms with Crippen LogP contribution < -0.4 is 0 Å². The van der Waals surface area contributed by atoms with E-state index in [-0.39, 0.29) is 6.10 Å². The second-order valence-electron chi connectivity index (χ2n) is 6.32. The van der Waals surface area contributed by atoms with Gasteiger partial charge in [-0.25, -0.2) is 0 Å². The molecule has 2 heterocycles. The summed E-state index contributed by atoms with van der Waals surface area (Å²) in [6, 6.07) is 9.23. The fourth-order valence-electron chi connectivity index (χ4n) is 3.48. The van der Waals surface area contributed by atoms with Crippen LogP contribution in [0.1, 0.15) is 44.6 Å². The van der Waals surface area contributed by atoms with Crippen LogP contribution in [0.2, 0.25) is 0 Å². The summed E-state index contributed by atoms with van der Waals surface area (Å²) in [5.74, 6) is 0. The molecule has 0 aliphatic carbocycles. The van der Waals surface area contributed by atoms with Crippen LogP contribution >= 0.6 is 11.3 Å². The van der Waals surface area contributed by atoms with E-state index >= 15 is 0 Å². The van der Waals surface area contributed by atoms with Crippen LogP contribution in [-0.2, 0) is 6.54 Å². The van der Waals surface area contributed by atoms with Crippen molar-refractivity contribution >= 4 is 21.4 Å². The Hall–Kier alpha value is -0.900. The minimum absolute atomic E-state index is 0.199. The van der Waals surface area contributed by atoms with Gasteiger partial charge in [0.25, 0.3) is 0 Å². The summed E-state index contributed by atoms with van der Waals surface area (Å²) in [6.07, 6.45) is 5.86. The third kappa shape index (κ3) is 3.65. The second kappa shape index (κ2) is 6.91. The van der Waals surface area contributed by atoms with Crippen molar-refractivity contribution in [1.29, 1.82) is 0 Å². The molecule has 3 heteroatoms. The Morgan fingerprint density at radius 3 is 3.00 bits per heavy atom. The predicted molar refractivity (Wildman–Crippen MR) is 90.8 cm³/mol. The van der Waals surface area contributed by atoms with Crippen LogP contribution in [0, 0.1) is 0 Å². The summed E-state index contributed by atoms with van der Waals surface area (Å²) in [5, 5.41) is 13.5. The number of benzene rings is 1. The lowest BCUT2D eigenvalue weighted by Crippen LogP contribution is -2.36. The van der Waals surface area contributed by atoms with Gasteiger partial charge in [0.05, 0.1) is 6.10 Å². The Labute approximate surface area is 131 Å². The Bertz CT molecular complexity index is 577. The monoisotopic (exact) mass is 303 g/mol. The number of rotatable bonds is 4. The molecule has 114 valence electrons. The van der Waals surface area contributed by atoms with Crippen LogP contribution in [0.4, 0.5) is 0 Å². The molecule has 2 aromatic rings. The van der Waals surface area contributed by atoms with Crippen molar-refractivity contribution < 1.29 is 5.11 Å². The maximum absolute atomic E-state index is 9.79. The smallest absolute Gasteiger partial charge is 0.0527 e. The highest BCUT2D eigenvalue weighted by Crippen LogP contribution is 2.29. The van der Waals surface area contributed by atoms with Crippen LogP contribution in [0.15, 0.2) is 29.6 Å². The number of hydrogen-bond acceptors (Lipinski definition) is 3. The van der Waals surface area contributed by atoms with E-state index in [1.807, 2.05) is 18.3 Å². The first-order chi connectivity index (χ1) is 10.2. The highest BCUT2D eigenvalue weighted by Gasteiger charge is 2.23. The van der Waals surface area contributed by atoms with Crippen molar-refractivity contribution in [2.45, 2.75) is 57.7 Å². The van der Waals surface area contributed by atoms with E-state index in [0.717, 1.165) is 13.0 Å². The second-order valence-corrected chi connectivity index (χ2v) is 7.23. The topological polar surface area (TPSA) is 23.5 Å². The maximum atomic E-state index is 9.79. The molecule has 1 N–H and O–H groups in total. The lowest BCUT2D eigenvalue weighted by Gasteiger charge is -2.30. The van der Waals surface area contributed by atoms with Gasteiger partial charge in [-0.15, -0.1) is 11.3 Å². The summed E-state index contributed by atoms with van der Waals surface area (Å²) >= 11 is 1.85. The predicted octanol–water partition coefficient (Wildman–Crippen LogP) is 4.42. The van der Waals surface area contributed by atoms with Gasteiger partial charge in [-0.2, -0.15) is 0 Å². The Morgan fingerprint density at radius 2 is 2.14 bits per heavy atom. The molecule has 21 heavy (non-hydrogen) atoms. The first kappa shape index (κ1) is 15.0. The summed E-state index contributed by atoms with van der Waals surface area (Å²) in [4.78, 5) is 2.61. The van der Waals surface area contributed by atoms with Gasteiger partial charge in [0.15, 0.2) is 0 Å². The van der Waals surface area contributed by atoms with Gasteiger partial charge < -0.3 is 5.11 Å². The van der Waals surface area contributed by atoms with E-state index in [9.17, 15) is 5.11 Å². The first-order valence-corrected chi connectivity index (χ1v) is 8.99. The highest BCUT2D eigenvalue weighted by atomic mass is 32.1. The number of hydrogen-bond donors (Lipinski definition) is 1. The number of aliphatic hydroxyl groups excluding tert-OH is 1. The Balaban J connectivity index is 1.79. The third-order valence-corrected chi connectivity index (χ3v) is 5.56. The van der Waals surface area contributed by atoms with Crippen molar-refractivity contribution in [3.05, 3.63) is 35.2 Å². The van der Waals surface area contributed by atoms with Crippen LogP contribution in [0.25, 0.3) is 10.1 Å². The molecule has 2 unspecified atom stereocenters. The molecule has 0 spiro atoms. The summed E-state index contributed by atoms with van der Waals surface area (Å²) < 4.78 is 1.38. The molecule has 1 aliphatic rings. The molecule has 1 fully saturated rings. The van der Waals surface area contributed by atoms with Crippen molar-refractivity contribution in [3.8, 4) is 0 Å². The first-order valence-electron chi connectivity index (χ1n) is 8.11. The summed E-state index contributed by atoms with van der Waals surface area (Å²) in [5.41, 5.74) is 1.45. The van der Waals surface area contributed by atoms with Gasteiger partial charge in [0, 0.05) is 17.3 Å². The molecule has 1 saturated heterocycles. The average molecular weight is 303 g/mol. The number of fused-ring (bicyclic) bond motifs is 1. The van der Waals surface area contributed by atoms with Crippen molar-refractivity contribution in [1.82, 2.24) is 4.90 Å². The standard InChI is InChI=1S/C18H25NOS/c1-14(20)11-16-7-3-2-6-10-19(16)12-15-13-21-18-9-5-4-8-17(15)18/h4-5,8-9,13-14,16,20H,2-3,6-7,10-12H2,1H3. The van der Waals surface area contributed by atoms with Gasteiger partial charge in [0.2, 0.25) is 0 Å². The summed E-state index contributed by atoms with van der Waals surface area (Å²) in [7, 11) is 0. The number of nitrogens with zero attached hydrogens (tertiary/aromatic N) is 1. The minimum Gasteiger partial charge on any atom is -0.393 e. The highest BCUT2D eigenvalue weighted by molar-refractivity contribution is 7.17. The van der Waals surface area contributed by atoms with E-state index in [2.05, 4.69) is 34.5 Å². The van der Waals surface area contributed by atoms with Gasteiger partial charge in [0.1, 0.15) is 0 Å². The fraction of sp³-hybridized carbons (Fsp3) is 0.556. The largest absolute Gasteiger partial charge is 0.393 e. The molecule has 2 atom stereocenters. The maximum Gasteiger partial charge on any atom is 0.0527 e. The molecule has 1 aromatic carbocycles. The van der Waals surface area contributed by atoms with Crippen LogP contribution in [0.3, 0.4) is 0 Å². The molecule has 0 amide bonds. The molecule has 3 rings (SSSR count). The lowest BCUT2D eigenvalue weighted by molar-refractivity contribution is 0.108. The minimum atomic E-state index is -0.199. The van der Waals surface area contributed by atoms with Gasteiger partial charge in [-0.3, -0.25) is 4.90 Å². The van der Waals surface area contributed by atoms with Gasteiger partial charge in [-0.1, -0.05) is 31.0 Å². The van der Waals surface area contributed by atoms with Gasteiger partial charge >= 0.3 is 0 Å². The van der Waals surface area contributed by atoms with Crippen molar-refractivity contribution in [3.63, 3.8) is 0 Å². The molecule has 0 radical (unpaired) electrons. The van der Waals surface area contributed by atoms with Crippen LogP contribution in [-0.4, -0.2) is 28.7 Å². The molecule has 0 bridgehead atoms. The molecule has 1 aliphatic heterocycles. The Morgan fingerprint density at radius 1 is 1.29 bits per heavy atom. The van der Waals surface area contributed by atoms with E-state index in [0.29, 0.717) is 6.04 Å². The Kier molecular flexibility index (Phi) is 4.94. The summed E-state index contributed by atoms with van der Waals surface area (Å²) in [6.45, 7) is 4.12. The van der Waals surface area contributed by atoms with E-state index in [1.165, 1.54) is 47.9 Å². The quantitative estimate of drug-likeness (QED) is 0.904. The SMILES string of the molecule is CC(O)CC1CCCCCN1Cc1csc2ccccc12. The zero-order valence-electron chi connectivity index (χ0n) is 12.8. The molecular weight excluding hydrogens is 278 g/mol. The zero-order valence-corrected chi connectivity index (χ0v) is 13.6. The fourth-order valence-corrected chi connectivity index (χ4v) is 4.43. The molecular formula is C18H25NOS. The molecule has 0 saturated carbocycles. The van der Waals surface area contributed by atoms with Crippen molar-refractivity contribution in [2.24, 2.45) is 0 Å². The normalized spacial score (nSPS) is 22.3. The third-order valence-electron chi connectivity index (χ3n) is 4.55. The number of likely N-dealkylation sites (tertiary alicyclic amines) is 1.